The van der Waals surface area contributed by atoms with Crippen molar-refractivity contribution in [3.05, 3.63) is 23.2 Å². The molecule has 1 fully saturated rings. The minimum Gasteiger partial charge on any atom is -0.466 e. The van der Waals surface area contributed by atoms with Gasteiger partial charge in [-0.15, -0.1) is 0 Å². The predicted octanol–water partition coefficient (Wildman–Crippen LogP) is 2.98. The molecular weight excluding hydrogens is 200 g/mol. The van der Waals surface area contributed by atoms with E-state index in [-0.39, 0.29) is 6.04 Å². The van der Waals surface area contributed by atoms with Crippen LogP contribution < -0.4 is 11.3 Å². The highest BCUT2D eigenvalue weighted by atomic mass is 16.3. The van der Waals surface area contributed by atoms with Crippen LogP contribution in [0.5, 0.6) is 0 Å². The lowest BCUT2D eigenvalue weighted by Crippen LogP contribution is -2.34. The summed E-state index contributed by atoms with van der Waals surface area (Å²) in [4.78, 5) is 0. The van der Waals surface area contributed by atoms with Crippen LogP contribution in [0.1, 0.15) is 55.2 Å². The van der Waals surface area contributed by atoms with Crippen molar-refractivity contribution in [2.24, 2.45) is 11.8 Å². The Labute approximate surface area is 97.4 Å². The number of rotatable bonds is 3. The number of nitrogens with one attached hydrogen (secondary N) is 1. The zero-order valence-electron chi connectivity index (χ0n) is 10.3. The van der Waals surface area contributed by atoms with E-state index in [0.29, 0.717) is 5.92 Å². The summed E-state index contributed by atoms with van der Waals surface area (Å²) in [6.45, 7) is 4.01. The minimum atomic E-state index is 0.262. The number of hydrogen-bond donors (Lipinski definition) is 2. The maximum atomic E-state index is 5.72. The Kier molecular flexibility index (Phi) is 3.66. The predicted molar refractivity (Wildman–Crippen MR) is 64.8 cm³/mol. The van der Waals surface area contributed by atoms with Gasteiger partial charge in [-0.05, 0) is 38.7 Å². The van der Waals surface area contributed by atoms with Gasteiger partial charge < -0.3 is 4.42 Å². The molecule has 0 aliphatic heterocycles. The Morgan fingerprint density at radius 3 is 2.50 bits per heavy atom. The summed E-state index contributed by atoms with van der Waals surface area (Å²) in [5.41, 5.74) is 4.22. The molecule has 0 bridgehead atoms. The summed E-state index contributed by atoms with van der Waals surface area (Å²) in [5, 5.41) is 0. The Morgan fingerprint density at radius 1 is 1.31 bits per heavy atom. The molecule has 1 aromatic rings. The molecule has 16 heavy (non-hydrogen) atoms. The monoisotopic (exact) mass is 222 g/mol. The maximum absolute atomic E-state index is 5.72. The molecule has 0 aromatic carbocycles. The molecular formula is C13H22N2O. The highest BCUT2D eigenvalue weighted by molar-refractivity contribution is 5.24. The second kappa shape index (κ2) is 5.02. The molecule has 1 aliphatic rings. The molecule has 3 nitrogen and oxygen atoms in total. The van der Waals surface area contributed by atoms with Crippen LogP contribution >= 0.6 is 0 Å². The van der Waals surface area contributed by atoms with Gasteiger partial charge in [-0.25, -0.2) is 0 Å². The molecule has 2 rings (SSSR count). The summed E-state index contributed by atoms with van der Waals surface area (Å²) < 4.78 is 5.59. The first-order chi connectivity index (χ1) is 7.72. The highest BCUT2D eigenvalue weighted by Crippen LogP contribution is 2.35. The maximum Gasteiger partial charge on any atom is 0.105 e. The minimum absolute atomic E-state index is 0.262. The van der Waals surface area contributed by atoms with E-state index in [1.54, 1.807) is 0 Å². The Hall–Kier alpha value is -0.800. The number of nitrogens with two attached hydrogens (primary N) is 1. The van der Waals surface area contributed by atoms with Crippen LogP contribution in [0.3, 0.4) is 0 Å². The summed E-state index contributed by atoms with van der Waals surface area (Å²) in [7, 11) is 0. The van der Waals surface area contributed by atoms with Crippen LogP contribution in [0.25, 0.3) is 0 Å². The van der Waals surface area contributed by atoms with E-state index >= 15 is 0 Å². The molecule has 1 heterocycles. The average molecular weight is 222 g/mol. The van der Waals surface area contributed by atoms with E-state index in [9.17, 15) is 0 Å². The van der Waals surface area contributed by atoms with Crippen LogP contribution in [-0.4, -0.2) is 0 Å². The van der Waals surface area contributed by atoms with Crippen molar-refractivity contribution >= 4 is 0 Å². The summed E-state index contributed by atoms with van der Waals surface area (Å²) in [5.74, 6) is 8.36. The lowest BCUT2D eigenvalue weighted by atomic mass is 9.81. The molecule has 3 heteroatoms. The first kappa shape index (κ1) is 11.7. The summed E-state index contributed by atoms with van der Waals surface area (Å²) >= 11 is 0. The fourth-order valence-corrected chi connectivity index (χ4v) is 2.91. The van der Waals surface area contributed by atoms with Crippen molar-refractivity contribution in [1.82, 2.24) is 5.43 Å². The molecule has 0 amide bonds. The normalized spacial score (nSPS) is 19.9. The molecule has 90 valence electrons. The number of aryl methyl sites for hydroxylation is 2. The third-order valence-corrected chi connectivity index (χ3v) is 3.72. The Balaban J connectivity index is 2.17. The van der Waals surface area contributed by atoms with Crippen molar-refractivity contribution in [2.45, 2.75) is 52.0 Å². The van der Waals surface area contributed by atoms with Crippen LogP contribution in [0, 0.1) is 19.8 Å². The smallest absolute Gasteiger partial charge is 0.105 e. The van der Waals surface area contributed by atoms with Gasteiger partial charge in [0.15, 0.2) is 0 Å². The van der Waals surface area contributed by atoms with Gasteiger partial charge in [-0.2, -0.15) is 0 Å². The second-order valence-electron chi connectivity index (χ2n) is 4.91. The van der Waals surface area contributed by atoms with Crippen molar-refractivity contribution in [1.29, 1.82) is 0 Å². The SMILES string of the molecule is Cc1cc(C(NN)C2CCCCC2)c(C)o1. The quantitative estimate of drug-likeness (QED) is 0.610. The molecule has 3 N–H and O–H groups in total. The van der Waals surface area contributed by atoms with E-state index in [1.165, 1.54) is 37.7 Å². The van der Waals surface area contributed by atoms with Crippen molar-refractivity contribution in [3.63, 3.8) is 0 Å². The first-order valence-electron chi connectivity index (χ1n) is 6.25. The summed E-state index contributed by atoms with van der Waals surface area (Å²) in [6, 6.07) is 2.38. The largest absolute Gasteiger partial charge is 0.466 e. The van der Waals surface area contributed by atoms with Gasteiger partial charge in [-0.3, -0.25) is 11.3 Å². The van der Waals surface area contributed by atoms with E-state index in [1.807, 2.05) is 13.8 Å². The van der Waals surface area contributed by atoms with Gasteiger partial charge in [0.05, 0.1) is 6.04 Å². The molecule has 1 aliphatic carbocycles. The average Bonchev–Trinajstić information content (AvgIpc) is 2.61. The van der Waals surface area contributed by atoms with Crippen molar-refractivity contribution < 1.29 is 4.42 Å². The third kappa shape index (κ3) is 2.30. The fourth-order valence-electron chi connectivity index (χ4n) is 2.91. The van der Waals surface area contributed by atoms with Crippen LogP contribution in [0.4, 0.5) is 0 Å². The molecule has 1 aromatic heterocycles. The van der Waals surface area contributed by atoms with Crippen molar-refractivity contribution in [3.8, 4) is 0 Å². The molecule has 1 atom stereocenters. The fraction of sp³-hybridized carbons (Fsp3) is 0.692. The number of hydrazine groups is 1. The van der Waals surface area contributed by atoms with Crippen LogP contribution in [0.15, 0.2) is 10.5 Å². The number of hydrogen-bond acceptors (Lipinski definition) is 3. The van der Waals surface area contributed by atoms with Gasteiger partial charge in [0, 0.05) is 5.56 Å². The lowest BCUT2D eigenvalue weighted by molar-refractivity contribution is 0.271. The van der Waals surface area contributed by atoms with Crippen molar-refractivity contribution in [2.75, 3.05) is 0 Å². The molecule has 0 spiro atoms. The third-order valence-electron chi connectivity index (χ3n) is 3.72. The van der Waals surface area contributed by atoms with Gasteiger partial charge in [-0.1, -0.05) is 19.3 Å². The molecule has 1 saturated carbocycles. The second-order valence-corrected chi connectivity index (χ2v) is 4.91. The zero-order chi connectivity index (χ0) is 11.5. The van der Waals surface area contributed by atoms with E-state index < -0.39 is 0 Å². The van der Waals surface area contributed by atoms with Gasteiger partial charge >= 0.3 is 0 Å². The molecule has 0 saturated heterocycles. The highest BCUT2D eigenvalue weighted by Gasteiger charge is 2.26. The Morgan fingerprint density at radius 2 is 2.00 bits per heavy atom. The van der Waals surface area contributed by atoms with Gasteiger partial charge in [0.25, 0.3) is 0 Å². The van der Waals surface area contributed by atoms with Crippen LogP contribution in [-0.2, 0) is 0 Å². The van der Waals surface area contributed by atoms with E-state index in [0.717, 1.165) is 11.5 Å². The summed E-state index contributed by atoms with van der Waals surface area (Å²) in [6.07, 6.45) is 6.59. The van der Waals surface area contributed by atoms with Crippen LogP contribution in [0.2, 0.25) is 0 Å². The molecule has 0 radical (unpaired) electrons. The molecule has 1 unspecified atom stereocenters. The topological polar surface area (TPSA) is 51.2 Å². The zero-order valence-corrected chi connectivity index (χ0v) is 10.3. The number of furan rings is 1. The van der Waals surface area contributed by atoms with E-state index in [4.69, 9.17) is 10.3 Å². The standard InChI is InChI=1S/C13H22N2O/c1-9-8-12(10(2)16-9)13(15-14)11-6-4-3-5-7-11/h8,11,13,15H,3-7,14H2,1-2H3. The van der Waals surface area contributed by atoms with Gasteiger partial charge in [0.1, 0.15) is 11.5 Å². The van der Waals surface area contributed by atoms with Gasteiger partial charge in [0.2, 0.25) is 0 Å². The first-order valence-corrected chi connectivity index (χ1v) is 6.25. The van der Waals surface area contributed by atoms with E-state index in [2.05, 4.69) is 11.5 Å². The lowest BCUT2D eigenvalue weighted by Gasteiger charge is -2.29. The Bertz CT molecular complexity index is 340.